The van der Waals surface area contributed by atoms with E-state index in [2.05, 4.69) is 47.2 Å². The maximum absolute atomic E-state index is 12.0. The van der Waals surface area contributed by atoms with Gasteiger partial charge >= 0.3 is 0 Å². The molecular weight excluding hydrogens is 322 g/mol. The van der Waals surface area contributed by atoms with Crippen LogP contribution in [0.1, 0.15) is 19.4 Å². The molecule has 1 aliphatic heterocycles. The van der Waals surface area contributed by atoms with E-state index < -0.39 is 6.10 Å². The lowest BCUT2D eigenvalue weighted by Crippen LogP contribution is -2.46. The van der Waals surface area contributed by atoms with Gasteiger partial charge < -0.3 is 14.8 Å². The van der Waals surface area contributed by atoms with E-state index in [1.54, 1.807) is 0 Å². The Morgan fingerprint density at radius 1 is 1.45 bits per heavy atom. The van der Waals surface area contributed by atoms with Crippen LogP contribution in [0.15, 0.2) is 28.7 Å². The third-order valence-electron chi connectivity index (χ3n) is 3.42. The van der Waals surface area contributed by atoms with E-state index in [-0.39, 0.29) is 11.3 Å². The Labute approximate surface area is 128 Å². The summed E-state index contributed by atoms with van der Waals surface area (Å²) in [5.74, 6) is -0.104. The molecule has 1 fully saturated rings. The van der Waals surface area contributed by atoms with E-state index in [1.807, 2.05) is 12.1 Å². The molecule has 1 saturated heterocycles. The minimum absolute atomic E-state index is 0.104. The fraction of sp³-hybridized carbons (Fsp3) is 0.533. The second-order valence-electron chi connectivity index (χ2n) is 5.55. The Morgan fingerprint density at radius 2 is 2.25 bits per heavy atom. The number of nitrogens with one attached hydrogen (secondary N) is 1. The Bertz CT molecular complexity index is 470. The van der Waals surface area contributed by atoms with Gasteiger partial charge in [0.15, 0.2) is 6.10 Å². The first-order chi connectivity index (χ1) is 9.49. The van der Waals surface area contributed by atoms with Crippen molar-refractivity contribution in [2.75, 3.05) is 26.4 Å². The van der Waals surface area contributed by atoms with Gasteiger partial charge in [-0.2, -0.15) is 0 Å². The van der Waals surface area contributed by atoms with Crippen LogP contribution >= 0.6 is 15.9 Å². The lowest BCUT2D eigenvalue weighted by molar-refractivity contribution is -0.147. The summed E-state index contributed by atoms with van der Waals surface area (Å²) in [6, 6.07) is 8.13. The Kier molecular flexibility index (Phi) is 5.18. The van der Waals surface area contributed by atoms with Gasteiger partial charge in [-0.25, -0.2) is 0 Å². The van der Waals surface area contributed by atoms with Gasteiger partial charge in [0.05, 0.1) is 19.8 Å². The lowest BCUT2D eigenvalue weighted by Gasteiger charge is -2.28. The molecule has 1 amide bonds. The summed E-state index contributed by atoms with van der Waals surface area (Å²) >= 11 is 3.47. The van der Waals surface area contributed by atoms with Crippen molar-refractivity contribution in [2.24, 2.45) is 0 Å². The number of carbonyl (C=O) groups is 1. The van der Waals surface area contributed by atoms with Gasteiger partial charge in [0.1, 0.15) is 0 Å². The van der Waals surface area contributed by atoms with Crippen molar-refractivity contribution in [3.05, 3.63) is 34.3 Å². The van der Waals surface area contributed by atoms with Gasteiger partial charge in [-0.15, -0.1) is 0 Å². The second-order valence-corrected chi connectivity index (χ2v) is 6.46. The van der Waals surface area contributed by atoms with E-state index in [0.717, 1.165) is 4.47 Å². The molecule has 0 saturated carbocycles. The number of amides is 1. The molecule has 2 rings (SSSR count). The monoisotopic (exact) mass is 341 g/mol. The van der Waals surface area contributed by atoms with Gasteiger partial charge in [-0.1, -0.05) is 41.9 Å². The topological polar surface area (TPSA) is 47.6 Å². The molecule has 1 aliphatic rings. The zero-order chi connectivity index (χ0) is 14.6. The largest absolute Gasteiger partial charge is 0.376 e. The summed E-state index contributed by atoms with van der Waals surface area (Å²) in [7, 11) is 0. The molecule has 20 heavy (non-hydrogen) atoms. The molecule has 0 bridgehead atoms. The van der Waals surface area contributed by atoms with E-state index >= 15 is 0 Å². The number of benzene rings is 1. The zero-order valence-electron chi connectivity index (χ0n) is 11.8. The van der Waals surface area contributed by atoms with Crippen molar-refractivity contribution in [1.29, 1.82) is 0 Å². The minimum Gasteiger partial charge on any atom is -0.376 e. The molecule has 0 spiro atoms. The van der Waals surface area contributed by atoms with Crippen LogP contribution in [0.25, 0.3) is 0 Å². The van der Waals surface area contributed by atoms with E-state index in [4.69, 9.17) is 9.47 Å². The molecule has 1 aromatic rings. The van der Waals surface area contributed by atoms with Gasteiger partial charge in [-0.05, 0) is 17.7 Å². The second kappa shape index (κ2) is 6.70. The van der Waals surface area contributed by atoms with Gasteiger partial charge in [-0.3, -0.25) is 4.79 Å². The lowest BCUT2D eigenvalue weighted by atomic mass is 9.84. The maximum atomic E-state index is 12.0. The molecule has 4 nitrogen and oxygen atoms in total. The summed E-state index contributed by atoms with van der Waals surface area (Å²) in [4.78, 5) is 12.0. The molecule has 1 unspecified atom stereocenters. The van der Waals surface area contributed by atoms with Gasteiger partial charge in [0.2, 0.25) is 0 Å². The normalized spacial score (nSPS) is 19.6. The van der Waals surface area contributed by atoms with Crippen LogP contribution < -0.4 is 5.32 Å². The van der Waals surface area contributed by atoms with Gasteiger partial charge in [0.25, 0.3) is 5.91 Å². The highest BCUT2D eigenvalue weighted by atomic mass is 79.9. The number of hydrogen-bond acceptors (Lipinski definition) is 3. The van der Waals surface area contributed by atoms with Crippen LogP contribution in [0.5, 0.6) is 0 Å². The summed E-state index contributed by atoms with van der Waals surface area (Å²) in [6.07, 6.45) is -0.484. The summed E-state index contributed by atoms with van der Waals surface area (Å²) in [5, 5.41) is 2.95. The summed E-state index contributed by atoms with van der Waals surface area (Å²) in [5.41, 5.74) is 1.03. The molecule has 1 heterocycles. The SMILES string of the molecule is CC(C)(CNC(=O)C1COCCO1)c1cccc(Br)c1. The summed E-state index contributed by atoms with van der Waals surface area (Å²) < 4.78 is 11.7. The first-order valence-electron chi connectivity index (χ1n) is 6.72. The van der Waals surface area contributed by atoms with Crippen molar-refractivity contribution in [2.45, 2.75) is 25.4 Å². The highest BCUT2D eigenvalue weighted by Gasteiger charge is 2.26. The van der Waals surface area contributed by atoms with E-state index in [0.29, 0.717) is 26.4 Å². The molecule has 1 atom stereocenters. The molecular formula is C15H20BrNO3. The predicted molar refractivity (Wildman–Crippen MR) is 80.7 cm³/mol. The highest BCUT2D eigenvalue weighted by molar-refractivity contribution is 9.10. The van der Waals surface area contributed by atoms with E-state index in [9.17, 15) is 4.79 Å². The number of carbonyl (C=O) groups excluding carboxylic acids is 1. The van der Waals surface area contributed by atoms with Crippen molar-refractivity contribution in [3.63, 3.8) is 0 Å². The Balaban J connectivity index is 1.93. The molecule has 110 valence electrons. The number of rotatable bonds is 4. The average Bonchev–Trinajstić information content (AvgIpc) is 2.46. The van der Waals surface area contributed by atoms with Crippen LogP contribution in [0.4, 0.5) is 0 Å². The highest BCUT2D eigenvalue weighted by Crippen LogP contribution is 2.25. The molecule has 1 aromatic carbocycles. The first-order valence-corrected chi connectivity index (χ1v) is 7.51. The van der Waals surface area contributed by atoms with Crippen LogP contribution in [-0.2, 0) is 19.7 Å². The molecule has 5 heteroatoms. The minimum atomic E-state index is -0.484. The fourth-order valence-corrected chi connectivity index (χ4v) is 2.47. The third kappa shape index (κ3) is 4.04. The third-order valence-corrected chi connectivity index (χ3v) is 3.91. The molecule has 0 aromatic heterocycles. The smallest absolute Gasteiger partial charge is 0.251 e. The molecule has 0 radical (unpaired) electrons. The molecule has 0 aliphatic carbocycles. The Morgan fingerprint density at radius 3 is 2.90 bits per heavy atom. The Hall–Kier alpha value is -0.910. The number of halogens is 1. The predicted octanol–water partition coefficient (Wildman–Crippen LogP) is 2.26. The maximum Gasteiger partial charge on any atom is 0.251 e. The zero-order valence-corrected chi connectivity index (χ0v) is 13.4. The standard InChI is InChI=1S/C15H20BrNO3/c1-15(2,11-4-3-5-12(16)8-11)10-17-14(18)13-9-19-6-7-20-13/h3-5,8,13H,6-7,9-10H2,1-2H3,(H,17,18). The van der Waals surface area contributed by atoms with Crippen molar-refractivity contribution >= 4 is 21.8 Å². The molecule has 1 N–H and O–H groups in total. The summed E-state index contributed by atoms with van der Waals surface area (Å²) in [6.45, 7) is 6.15. The van der Waals surface area contributed by atoms with Crippen molar-refractivity contribution in [3.8, 4) is 0 Å². The van der Waals surface area contributed by atoms with Crippen molar-refractivity contribution < 1.29 is 14.3 Å². The van der Waals surface area contributed by atoms with E-state index in [1.165, 1.54) is 5.56 Å². The van der Waals surface area contributed by atoms with Crippen LogP contribution in [0, 0.1) is 0 Å². The number of hydrogen-bond donors (Lipinski definition) is 1. The van der Waals surface area contributed by atoms with Crippen LogP contribution in [0.2, 0.25) is 0 Å². The average molecular weight is 342 g/mol. The van der Waals surface area contributed by atoms with Crippen LogP contribution in [0.3, 0.4) is 0 Å². The fourth-order valence-electron chi connectivity index (χ4n) is 2.07. The van der Waals surface area contributed by atoms with Gasteiger partial charge in [0, 0.05) is 16.4 Å². The van der Waals surface area contributed by atoms with Crippen LogP contribution in [-0.4, -0.2) is 38.4 Å². The first kappa shape index (κ1) is 15.5. The quantitative estimate of drug-likeness (QED) is 0.913. The van der Waals surface area contributed by atoms with Crippen molar-refractivity contribution in [1.82, 2.24) is 5.32 Å². The number of ether oxygens (including phenoxy) is 2.